The zero-order valence-corrected chi connectivity index (χ0v) is 6.77. The highest BCUT2D eigenvalue weighted by atomic mass is 17.1. The monoisotopic (exact) mass is 180 g/mol. The third-order valence-electron chi connectivity index (χ3n) is 1.52. The highest BCUT2D eigenvalue weighted by Gasteiger charge is 2.15. The van der Waals surface area contributed by atoms with Crippen LogP contribution in [0.4, 0.5) is 0 Å². The van der Waals surface area contributed by atoms with Gasteiger partial charge in [0.15, 0.2) is 0 Å². The van der Waals surface area contributed by atoms with Gasteiger partial charge in [-0.1, -0.05) is 30.3 Å². The first-order valence-corrected chi connectivity index (χ1v) is 3.66. The molecule has 0 aliphatic heterocycles. The lowest BCUT2D eigenvalue weighted by molar-refractivity contribution is -0.232. The van der Waals surface area contributed by atoms with Crippen molar-refractivity contribution in [2.45, 2.75) is 6.42 Å². The first-order valence-electron chi connectivity index (χ1n) is 3.66. The summed E-state index contributed by atoms with van der Waals surface area (Å²) in [7, 11) is 0. The average molecular weight is 180 g/mol. The molecular weight excluding hydrogens is 172 g/mol. The minimum absolute atomic E-state index is 0.0553. The third kappa shape index (κ3) is 2.68. The highest BCUT2D eigenvalue weighted by molar-refractivity contribution is 6.33. The van der Waals surface area contributed by atoms with E-state index in [1.807, 2.05) is 0 Å². The first kappa shape index (κ1) is 9.41. The summed E-state index contributed by atoms with van der Waals surface area (Å²) in [5, 5.41) is 7.91. The van der Waals surface area contributed by atoms with Gasteiger partial charge in [0.25, 0.3) is 0 Å². The number of hydrogen-bond acceptors (Lipinski definition) is 4. The van der Waals surface area contributed by atoms with Gasteiger partial charge in [0, 0.05) is 6.42 Å². The Balaban J connectivity index is 2.60. The Hall–Kier alpha value is -1.68. The van der Waals surface area contributed by atoms with E-state index in [-0.39, 0.29) is 6.42 Å². The van der Waals surface area contributed by atoms with Crippen molar-refractivity contribution < 1.29 is 19.7 Å². The van der Waals surface area contributed by atoms with Crippen LogP contribution < -0.4 is 0 Å². The van der Waals surface area contributed by atoms with Crippen molar-refractivity contribution in [3.05, 3.63) is 35.9 Å². The molecule has 0 aliphatic carbocycles. The minimum Gasteiger partial charge on any atom is -0.292 e. The van der Waals surface area contributed by atoms with Crippen molar-refractivity contribution in [3.8, 4) is 0 Å². The molecule has 0 unspecified atom stereocenters. The van der Waals surface area contributed by atoms with Crippen LogP contribution >= 0.6 is 0 Å². The van der Waals surface area contributed by atoms with Gasteiger partial charge in [-0.15, -0.1) is 0 Å². The molecule has 13 heavy (non-hydrogen) atoms. The molecule has 0 amide bonds. The molecule has 1 N–H and O–H groups in total. The zero-order chi connectivity index (χ0) is 9.68. The molecule has 0 spiro atoms. The molecule has 0 saturated carbocycles. The summed E-state index contributed by atoms with van der Waals surface area (Å²) in [4.78, 5) is 24.7. The Morgan fingerprint density at radius 2 is 1.85 bits per heavy atom. The van der Waals surface area contributed by atoms with Crippen molar-refractivity contribution in [3.63, 3.8) is 0 Å². The number of rotatable bonds is 3. The topological polar surface area (TPSA) is 63.6 Å². The van der Waals surface area contributed by atoms with Crippen molar-refractivity contribution >= 4 is 11.8 Å². The molecule has 4 heteroatoms. The fourth-order valence-electron chi connectivity index (χ4n) is 0.904. The van der Waals surface area contributed by atoms with Crippen LogP contribution in [-0.2, 0) is 20.9 Å². The fraction of sp³-hybridized carbons (Fsp3) is 0.111. The van der Waals surface area contributed by atoms with Crippen LogP contribution in [0.3, 0.4) is 0 Å². The van der Waals surface area contributed by atoms with E-state index >= 15 is 0 Å². The Kier molecular flexibility index (Phi) is 3.16. The predicted molar refractivity (Wildman–Crippen MR) is 43.9 cm³/mol. The SMILES string of the molecule is O=C(Cc1ccccc1)C(=O)OO. The summed E-state index contributed by atoms with van der Waals surface area (Å²) in [5.41, 5.74) is 0.706. The maximum absolute atomic E-state index is 10.9. The van der Waals surface area contributed by atoms with Gasteiger partial charge in [0.2, 0.25) is 5.78 Å². The number of benzene rings is 1. The molecule has 1 aromatic carbocycles. The van der Waals surface area contributed by atoms with Crippen LogP contribution in [0.2, 0.25) is 0 Å². The molecule has 0 radical (unpaired) electrons. The van der Waals surface area contributed by atoms with E-state index in [2.05, 4.69) is 4.89 Å². The van der Waals surface area contributed by atoms with Crippen LogP contribution in [0.25, 0.3) is 0 Å². The number of ketones is 1. The van der Waals surface area contributed by atoms with E-state index in [9.17, 15) is 9.59 Å². The molecule has 0 fully saturated rings. The van der Waals surface area contributed by atoms with Gasteiger partial charge in [0.1, 0.15) is 0 Å². The maximum Gasteiger partial charge on any atom is 0.408 e. The summed E-state index contributed by atoms with van der Waals surface area (Å²) < 4.78 is 0. The van der Waals surface area contributed by atoms with Crippen LogP contribution in [0.5, 0.6) is 0 Å². The lowest BCUT2D eigenvalue weighted by Gasteiger charge is -1.96. The summed E-state index contributed by atoms with van der Waals surface area (Å²) in [5.74, 6) is -2.00. The molecule has 0 heterocycles. The van der Waals surface area contributed by atoms with Gasteiger partial charge in [-0.2, -0.15) is 5.26 Å². The van der Waals surface area contributed by atoms with E-state index in [1.165, 1.54) is 0 Å². The number of carbonyl (C=O) groups is 2. The number of Topliss-reactive ketones (excluding diaryl/α,β-unsaturated/α-hetero) is 1. The highest BCUT2D eigenvalue weighted by Crippen LogP contribution is 2.00. The first-order chi connectivity index (χ1) is 6.24. The standard InChI is InChI=1S/C9H8O4/c10-8(9(11)13-12)6-7-4-2-1-3-5-7/h1-5,12H,6H2. The van der Waals surface area contributed by atoms with Gasteiger partial charge in [-0.3, -0.25) is 9.68 Å². The quantitative estimate of drug-likeness (QED) is 0.425. The normalized spacial score (nSPS) is 9.31. The van der Waals surface area contributed by atoms with E-state index in [4.69, 9.17) is 5.26 Å². The molecular formula is C9H8O4. The Morgan fingerprint density at radius 3 is 2.38 bits per heavy atom. The maximum atomic E-state index is 10.9. The molecule has 0 bridgehead atoms. The van der Waals surface area contributed by atoms with Crippen LogP contribution in [-0.4, -0.2) is 17.0 Å². The molecule has 1 rings (SSSR count). The molecule has 0 atom stereocenters. The van der Waals surface area contributed by atoms with Crippen molar-refractivity contribution in [2.24, 2.45) is 0 Å². The van der Waals surface area contributed by atoms with Crippen molar-refractivity contribution in [1.29, 1.82) is 0 Å². The largest absolute Gasteiger partial charge is 0.408 e. The Morgan fingerprint density at radius 1 is 1.23 bits per heavy atom. The predicted octanol–water partition coefficient (Wildman–Crippen LogP) is 0.814. The lowest BCUT2D eigenvalue weighted by Crippen LogP contribution is -2.17. The van der Waals surface area contributed by atoms with Gasteiger partial charge in [0.05, 0.1) is 0 Å². The summed E-state index contributed by atoms with van der Waals surface area (Å²) in [6, 6.07) is 8.74. The van der Waals surface area contributed by atoms with E-state index in [0.717, 1.165) is 0 Å². The molecule has 1 aromatic rings. The molecule has 68 valence electrons. The smallest absolute Gasteiger partial charge is 0.292 e. The summed E-state index contributed by atoms with van der Waals surface area (Å²) >= 11 is 0. The molecule has 0 aromatic heterocycles. The molecule has 0 saturated heterocycles. The van der Waals surface area contributed by atoms with Gasteiger partial charge < -0.3 is 0 Å². The van der Waals surface area contributed by atoms with E-state index < -0.39 is 11.8 Å². The molecule has 4 nitrogen and oxygen atoms in total. The number of carbonyl (C=O) groups excluding carboxylic acids is 2. The Bertz CT molecular complexity index is 305. The second-order valence-corrected chi connectivity index (χ2v) is 2.46. The van der Waals surface area contributed by atoms with E-state index in [1.54, 1.807) is 30.3 Å². The second kappa shape index (κ2) is 4.37. The van der Waals surface area contributed by atoms with Gasteiger partial charge in [-0.25, -0.2) is 4.79 Å². The zero-order valence-electron chi connectivity index (χ0n) is 6.77. The third-order valence-corrected chi connectivity index (χ3v) is 1.52. The fourth-order valence-corrected chi connectivity index (χ4v) is 0.904. The van der Waals surface area contributed by atoms with Crippen LogP contribution in [0.15, 0.2) is 30.3 Å². The van der Waals surface area contributed by atoms with Gasteiger partial charge >= 0.3 is 5.97 Å². The lowest BCUT2D eigenvalue weighted by atomic mass is 10.1. The summed E-state index contributed by atoms with van der Waals surface area (Å²) in [6.07, 6.45) is -0.0553. The minimum atomic E-state index is -1.23. The van der Waals surface area contributed by atoms with Crippen molar-refractivity contribution in [1.82, 2.24) is 0 Å². The summed E-state index contributed by atoms with van der Waals surface area (Å²) in [6.45, 7) is 0. The van der Waals surface area contributed by atoms with Crippen LogP contribution in [0.1, 0.15) is 5.56 Å². The number of hydrogen-bond donors (Lipinski definition) is 1. The van der Waals surface area contributed by atoms with E-state index in [0.29, 0.717) is 5.56 Å². The van der Waals surface area contributed by atoms with Crippen LogP contribution in [0, 0.1) is 0 Å². The van der Waals surface area contributed by atoms with Gasteiger partial charge in [-0.05, 0) is 5.56 Å². The molecule has 0 aliphatic rings. The second-order valence-electron chi connectivity index (χ2n) is 2.46. The Labute approximate surface area is 74.7 Å². The van der Waals surface area contributed by atoms with Crippen molar-refractivity contribution in [2.75, 3.05) is 0 Å². The average Bonchev–Trinajstić information content (AvgIpc) is 2.18.